The second-order valence-corrected chi connectivity index (χ2v) is 5.84. The summed E-state index contributed by atoms with van der Waals surface area (Å²) in [4.78, 5) is 2.51. The lowest BCUT2D eigenvalue weighted by molar-refractivity contribution is 0.103. The lowest BCUT2D eigenvalue weighted by atomic mass is 9.78. The Morgan fingerprint density at radius 2 is 1.94 bits per heavy atom. The minimum absolute atomic E-state index is 0.566. The van der Waals surface area contributed by atoms with Gasteiger partial charge in [0.05, 0.1) is 13.1 Å². The van der Waals surface area contributed by atoms with Crippen molar-refractivity contribution in [3.63, 3.8) is 0 Å². The molecule has 1 aliphatic heterocycles. The summed E-state index contributed by atoms with van der Waals surface area (Å²) in [5.41, 5.74) is 0.566. The van der Waals surface area contributed by atoms with Crippen LogP contribution < -0.4 is 5.32 Å². The Morgan fingerprint density at radius 3 is 2.56 bits per heavy atom. The molecule has 3 heteroatoms. The molecule has 1 saturated heterocycles. The molecule has 0 aliphatic carbocycles. The number of hydrogen-bond acceptors (Lipinski definition) is 3. The summed E-state index contributed by atoms with van der Waals surface area (Å²) in [5, 5.41) is 3.11. The van der Waals surface area contributed by atoms with E-state index in [1.165, 1.54) is 32.4 Å². The number of nitrogens with one attached hydrogen (secondary N) is 1. The molecule has 1 aromatic heterocycles. The highest BCUT2D eigenvalue weighted by Crippen LogP contribution is 2.34. The minimum Gasteiger partial charge on any atom is -0.463 e. The van der Waals surface area contributed by atoms with E-state index in [9.17, 15) is 0 Å². The molecule has 0 radical (unpaired) electrons. The molecular formula is C15H26N2O. The quantitative estimate of drug-likeness (QED) is 0.871. The predicted molar refractivity (Wildman–Crippen MR) is 74.4 cm³/mol. The van der Waals surface area contributed by atoms with Crippen LogP contribution in [-0.4, -0.2) is 25.0 Å². The zero-order valence-corrected chi connectivity index (χ0v) is 12.0. The van der Waals surface area contributed by atoms with Crippen LogP contribution in [0.25, 0.3) is 0 Å². The van der Waals surface area contributed by atoms with Crippen LogP contribution in [0.15, 0.2) is 16.5 Å². The van der Waals surface area contributed by atoms with E-state index < -0.39 is 0 Å². The fourth-order valence-electron chi connectivity index (χ4n) is 2.60. The molecule has 1 fully saturated rings. The van der Waals surface area contributed by atoms with Gasteiger partial charge in [-0.15, -0.1) is 0 Å². The van der Waals surface area contributed by atoms with Crippen LogP contribution in [0.5, 0.6) is 0 Å². The second kappa shape index (κ2) is 5.89. The summed E-state index contributed by atoms with van der Waals surface area (Å²) in [7, 11) is 1.94. The van der Waals surface area contributed by atoms with E-state index in [0.717, 1.165) is 24.6 Å². The summed E-state index contributed by atoms with van der Waals surface area (Å²) in [6.07, 6.45) is 3.93. The highest BCUT2D eigenvalue weighted by Gasteiger charge is 2.28. The Balaban J connectivity index is 1.83. The average molecular weight is 250 g/mol. The molecule has 2 rings (SSSR count). The molecule has 1 aliphatic rings. The maximum absolute atomic E-state index is 5.80. The summed E-state index contributed by atoms with van der Waals surface area (Å²) in [6.45, 7) is 8.91. The van der Waals surface area contributed by atoms with Crippen molar-refractivity contribution >= 4 is 0 Å². The van der Waals surface area contributed by atoms with E-state index in [-0.39, 0.29) is 0 Å². The monoisotopic (exact) mass is 250 g/mol. The van der Waals surface area contributed by atoms with Crippen molar-refractivity contribution in [1.29, 1.82) is 0 Å². The van der Waals surface area contributed by atoms with Crippen LogP contribution in [0.2, 0.25) is 0 Å². The topological polar surface area (TPSA) is 28.4 Å². The van der Waals surface area contributed by atoms with Crippen molar-refractivity contribution in [1.82, 2.24) is 10.2 Å². The molecule has 0 unspecified atom stereocenters. The van der Waals surface area contributed by atoms with Gasteiger partial charge in [-0.25, -0.2) is 0 Å². The van der Waals surface area contributed by atoms with Crippen molar-refractivity contribution in [2.45, 2.75) is 46.2 Å². The molecule has 3 nitrogen and oxygen atoms in total. The molecule has 0 aromatic carbocycles. The Kier molecular flexibility index (Phi) is 4.46. The maximum atomic E-state index is 5.80. The molecular weight excluding hydrogens is 224 g/mol. The number of rotatable bonds is 5. The summed E-state index contributed by atoms with van der Waals surface area (Å²) < 4.78 is 5.80. The van der Waals surface area contributed by atoms with Crippen LogP contribution in [0.1, 0.15) is 44.6 Å². The Hall–Kier alpha value is -0.800. The van der Waals surface area contributed by atoms with Crippen LogP contribution in [0.4, 0.5) is 0 Å². The number of furan rings is 1. The predicted octanol–water partition coefficient (Wildman–Crippen LogP) is 3.01. The molecule has 1 aromatic rings. The first-order valence-electron chi connectivity index (χ1n) is 7.10. The van der Waals surface area contributed by atoms with Crippen LogP contribution in [0, 0.1) is 5.41 Å². The standard InChI is InChI=1S/C15H26N2O/c1-4-15(2)7-9-17(10-8-15)12-14-6-5-13(18-14)11-16-3/h5-6,16H,4,7-12H2,1-3H3. The first-order chi connectivity index (χ1) is 8.65. The van der Waals surface area contributed by atoms with Gasteiger partial charge in [0.2, 0.25) is 0 Å². The van der Waals surface area contributed by atoms with Crippen molar-refractivity contribution in [2.24, 2.45) is 5.41 Å². The second-order valence-electron chi connectivity index (χ2n) is 5.84. The van der Waals surface area contributed by atoms with Crippen molar-refractivity contribution in [2.75, 3.05) is 20.1 Å². The van der Waals surface area contributed by atoms with E-state index in [1.54, 1.807) is 0 Å². The largest absolute Gasteiger partial charge is 0.463 e. The fourth-order valence-corrected chi connectivity index (χ4v) is 2.60. The molecule has 18 heavy (non-hydrogen) atoms. The molecule has 0 atom stereocenters. The van der Waals surface area contributed by atoms with E-state index in [1.807, 2.05) is 7.05 Å². The normalized spacial score (nSPS) is 20.2. The smallest absolute Gasteiger partial charge is 0.118 e. The number of piperidine rings is 1. The summed E-state index contributed by atoms with van der Waals surface area (Å²) in [5.74, 6) is 2.13. The minimum atomic E-state index is 0.566. The van der Waals surface area contributed by atoms with Gasteiger partial charge in [0.1, 0.15) is 11.5 Å². The number of likely N-dealkylation sites (tertiary alicyclic amines) is 1. The van der Waals surface area contributed by atoms with Crippen LogP contribution in [0.3, 0.4) is 0 Å². The van der Waals surface area contributed by atoms with Crippen LogP contribution in [-0.2, 0) is 13.1 Å². The third-order valence-electron chi connectivity index (χ3n) is 4.36. The SMILES string of the molecule is CCC1(C)CCN(Cc2ccc(CNC)o2)CC1. The Labute approximate surface area is 111 Å². The first-order valence-corrected chi connectivity index (χ1v) is 7.10. The molecule has 2 heterocycles. The molecule has 0 bridgehead atoms. The Bertz CT molecular complexity index is 364. The van der Waals surface area contributed by atoms with Crippen molar-refractivity contribution in [3.8, 4) is 0 Å². The highest BCUT2D eigenvalue weighted by atomic mass is 16.3. The third kappa shape index (κ3) is 3.36. The Morgan fingerprint density at radius 1 is 1.28 bits per heavy atom. The fraction of sp³-hybridized carbons (Fsp3) is 0.733. The highest BCUT2D eigenvalue weighted by molar-refractivity contribution is 5.07. The zero-order chi connectivity index (χ0) is 13.0. The third-order valence-corrected chi connectivity index (χ3v) is 4.36. The first kappa shape index (κ1) is 13.6. The van der Waals surface area contributed by atoms with Crippen molar-refractivity contribution in [3.05, 3.63) is 23.7 Å². The number of nitrogens with zero attached hydrogens (tertiary/aromatic N) is 1. The summed E-state index contributed by atoms with van der Waals surface area (Å²) >= 11 is 0. The summed E-state index contributed by atoms with van der Waals surface area (Å²) in [6, 6.07) is 4.19. The van der Waals surface area contributed by atoms with Gasteiger partial charge in [0.25, 0.3) is 0 Å². The van der Waals surface area contributed by atoms with Gasteiger partial charge in [-0.05, 0) is 50.5 Å². The van der Waals surface area contributed by atoms with Crippen molar-refractivity contribution < 1.29 is 4.42 Å². The maximum Gasteiger partial charge on any atom is 0.118 e. The van der Waals surface area contributed by atoms with E-state index in [2.05, 4.69) is 36.2 Å². The lowest BCUT2D eigenvalue weighted by Gasteiger charge is -2.38. The zero-order valence-electron chi connectivity index (χ0n) is 12.0. The van der Waals surface area contributed by atoms with Gasteiger partial charge < -0.3 is 9.73 Å². The van der Waals surface area contributed by atoms with Gasteiger partial charge in [0, 0.05) is 0 Å². The van der Waals surface area contributed by atoms with E-state index in [4.69, 9.17) is 4.42 Å². The molecule has 0 amide bonds. The molecule has 0 spiro atoms. The average Bonchev–Trinajstić information content (AvgIpc) is 2.81. The number of hydrogen-bond donors (Lipinski definition) is 1. The molecule has 0 saturated carbocycles. The van der Waals surface area contributed by atoms with E-state index in [0.29, 0.717) is 5.41 Å². The van der Waals surface area contributed by atoms with Crippen LogP contribution >= 0.6 is 0 Å². The molecule has 1 N–H and O–H groups in total. The van der Waals surface area contributed by atoms with Gasteiger partial charge in [-0.2, -0.15) is 0 Å². The molecule has 102 valence electrons. The van der Waals surface area contributed by atoms with Gasteiger partial charge in [-0.3, -0.25) is 4.90 Å². The van der Waals surface area contributed by atoms with Gasteiger partial charge >= 0.3 is 0 Å². The van der Waals surface area contributed by atoms with Gasteiger partial charge in [-0.1, -0.05) is 20.3 Å². The van der Waals surface area contributed by atoms with E-state index >= 15 is 0 Å². The van der Waals surface area contributed by atoms with Gasteiger partial charge in [0.15, 0.2) is 0 Å². The lowest BCUT2D eigenvalue weighted by Crippen LogP contribution is -2.37.